The van der Waals surface area contributed by atoms with Crippen molar-refractivity contribution >= 4 is 21.8 Å². The van der Waals surface area contributed by atoms with Crippen LogP contribution in [0.15, 0.2) is 33.7 Å². The van der Waals surface area contributed by atoms with Crippen LogP contribution < -0.4 is 4.74 Å². The van der Waals surface area contributed by atoms with Gasteiger partial charge in [-0.05, 0) is 24.3 Å². The van der Waals surface area contributed by atoms with E-state index in [1.807, 2.05) is 0 Å². The van der Waals surface area contributed by atoms with Crippen molar-refractivity contribution in [1.82, 2.24) is 19.3 Å². The predicted octanol–water partition coefficient (Wildman–Crippen LogP) is 0.734. The quantitative estimate of drug-likeness (QED) is 0.678. The molecule has 3 heterocycles. The minimum absolute atomic E-state index is 0.0156. The number of aromatic nitrogens is 1. The van der Waals surface area contributed by atoms with E-state index in [1.54, 1.807) is 21.9 Å². The van der Waals surface area contributed by atoms with E-state index in [0.29, 0.717) is 49.7 Å². The largest absolute Gasteiger partial charge is 0.497 e. The van der Waals surface area contributed by atoms with Crippen LogP contribution in [0.1, 0.15) is 28.7 Å². The van der Waals surface area contributed by atoms with Gasteiger partial charge in [0.2, 0.25) is 15.9 Å². The molecule has 10 nitrogen and oxygen atoms in total. The van der Waals surface area contributed by atoms with Crippen LogP contribution in [0.25, 0.3) is 0 Å². The SMILES string of the molecule is COc1ccc(S(=O)(=O)N2CCc3onc(C(=O)N4CCN(C(C)=O)CC4)c3C2)cc1. The first-order valence-electron chi connectivity index (χ1n) is 9.97. The van der Waals surface area contributed by atoms with Gasteiger partial charge in [-0.15, -0.1) is 0 Å². The fourth-order valence-corrected chi connectivity index (χ4v) is 5.24. The number of hydrogen-bond donors (Lipinski definition) is 0. The molecule has 1 aromatic heterocycles. The van der Waals surface area contributed by atoms with E-state index in [9.17, 15) is 18.0 Å². The molecule has 0 radical (unpaired) electrons. The van der Waals surface area contributed by atoms with Gasteiger partial charge in [-0.3, -0.25) is 9.59 Å². The van der Waals surface area contributed by atoms with E-state index in [1.165, 1.54) is 30.5 Å². The van der Waals surface area contributed by atoms with Gasteiger partial charge in [0.15, 0.2) is 5.69 Å². The lowest BCUT2D eigenvalue weighted by Gasteiger charge is -2.34. The third kappa shape index (κ3) is 4.02. The molecule has 2 amide bonds. The first-order valence-corrected chi connectivity index (χ1v) is 11.4. The summed E-state index contributed by atoms with van der Waals surface area (Å²) in [6.45, 7) is 3.46. The summed E-state index contributed by atoms with van der Waals surface area (Å²) in [4.78, 5) is 28.0. The van der Waals surface area contributed by atoms with Crippen LogP contribution in [-0.2, 0) is 27.8 Å². The second kappa shape index (κ2) is 8.31. The molecule has 1 aromatic carbocycles. The highest BCUT2D eigenvalue weighted by atomic mass is 32.2. The molecule has 2 aliphatic heterocycles. The number of nitrogens with zero attached hydrogens (tertiary/aromatic N) is 4. The van der Waals surface area contributed by atoms with Crippen molar-refractivity contribution in [2.45, 2.75) is 24.8 Å². The van der Waals surface area contributed by atoms with E-state index >= 15 is 0 Å². The van der Waals surface area contributed by atoms with Gasteiger partial charge >= 0.3 is 0 Å². The Morgan fingerprint density at radius 1 is 1.03 bits per heavy atom. The van der Waals surface area contributed by atoms with Crippen molar-refractivity contribution in [3.63, 3.8) is 0 Å². The molecule has 2 aliphatic rings. The molecule has 4 rings (SSSR count). The highest BCUT2D eigenvalue weighted by molar-refractivity contribution is 7.89. The van der Waals surface area contributed by atoms with Crippen LogP contribution in [0.4, 0.5) is 0 Å². The van der Waals surface area contributed by atoms with Gasteiger partial charge in [0.1, 0.15) is 11.5 Å². The van der Waals surface area contributed by atoms with Crippen LogP contribution in [-0.4, -0.2) is 79.3 Å². The standard InChI is InChI=1S/C20H24N4O6S/c1-14(25)22-9-11-23(12-10-22)20(26)19-17-13-24(8-7-18(17)30-21-19)31(27,28)16-5-3-15(29-2)4-6-16/h3-6H,7-13H2,1-2H3. The normalized spacial score (nSPS) is 17.4. The number of hydrogen-bond acceptors (Lipinski definition) is 7. The highest BCUT2D eigenvalue weighted by Crippen LogP contribution is 2.28. The van der Waals surface area contributed by atoms with Crippen LogP contribution in [0.2, 0.25) is 0 Å². The molecule has 0 atom stereocenters. The molecule has 2 aromatic rings. The molecule has 11 heteroatoms. The van der Waals surface area contributed by atoms with Gasteiger partial charge in [0.05, 0.1) is 12.0 Å². The zero-order valence-corrected chi connectivity index (χ0v) is 18.2. The van der Waals surface area contributed by atoms with Gasteiger partial charge in [0.25, 0.3) is 5.91 Å². The van der Waals surface area contributed by atoms with Gasteiger partial charge in [-0.2, -0.15) is 4.31 Å². The van der Waals surface area contributed by atoms with Crippen molar-refractivity contribution in [1.29, 1.82) is 0 Å². The lowest BCUT2D eigenvalue weighted by atomic mass is 10.1. The molecule has 0 spiro atoms. The highest BCUT2D eigenvalue weighted by Gasteiger charge is 2.35. The Balaban J connectivity index is 1.52. The van der Waals surface area contributed by atoms with Crippen molar-refractivity contribution < 1.29 is 27.3 Å². The Morgan fingerprint density at radius 2 is 1.68 bits per heavy atom. The van der Waals surface area contributed by atoms with Gasteiger partial charge < -0.3 is 19.1 Å². The molecule has 1 saturated heterocycles. The maximum absolute atomic E-state index is 13.1. The number of carbonyl (C=O) groups is 2. The van der Waals surface area contributed by atoms with Crippen molar-refractivity contribution in [3.05, 3.63) is 41.3 Å². The molecular formula is C20H24N4O6S. The summed E-state index contributed by atoms with van der Waals surface area (Å²) in [7, 11) is -2.24. The molecule has 0 unspecified atom stereocenters. The smallest absolute Gasteiger partial charge is 0.276 e. The Bertz CT molecular complexity index is 1090. The number of benzene rings is 1. The van der Waals surface area contributed by atoms with Crippen LogP contribution >= 0.6 is 0 Å². The van der Waals surface area contributed by atoms with E-state index in [0.717, 1.165) is 0 Å². The maximum Gasteiger partial charge on any atom is 0.276 e. The van der Waals surface area contributed by atoms with Crippen molar-refractivity contribution in [2.24, 2.45) is 0 Å². The number of methoxy groups -OCH3 is 1. The van der Waals surface area contributed by atoms with Crippen molar-refractivity contribution in [2.75, 3.05) is 39.8 Å². The topological polar surface area (TPSA) is 113 Å². The lowest BCUT2D eigenvalue weighted by molar-refractivity contribution is -0.130. The minimum atomic E-state index is -3.75. The molecule has 0 saturated carbocycles. The summed E-state index contributed by atoms with van der Waals surface area (Å²) >= 11 is 0. The summed E-state index contributed by atoms with van der Waals surface area (Å²) in [5, 5.41) is 3.95. The Hall–Kier alpha value is -2.92. The average molecular weight is 449 g/mol. The summed E-state index contributed by atoms with van der Waals surface area (Å²) in [5.41, 5.74) is 0.642. The third-order valence-corrected chi connectivity index (χ3v) is 7.56. The van der Waals surface area contributed by atoms with Crippen LogP contribution in [0, 0.1) is 0 Å². The number of sulfonamides is 1. The summed E-state index contributed by atoms with van der Waals surface area (Å²) in [6, 6.07) is 6.18. The second-order valence-electron chi connectivity index (χ2n) is 7.50. The summed E-state index contributed by atoms with van der Waals surface area (Å²) in [6.07, 6.45) is 0.336. The zero-order valence-electron chi connectivity index (χ0n) is 17.4. The fourth-order valence-electron chi connectivity index (χ4n) is 3.83. The molecule has 0 bridgehead atoms. The molecule has 0 aliphatic carbocycles. The number of amides is 2. The maximum atomic E-state index is 13.1. The number of ether oxygens (including phenoxy) is 1. The molecular weight excluding hydrogens is 424 g/mol. The van der Waals surface area contributed by atoms with E-state index in [-0.39, 0.29) is 35.5 Å². The Kier molecular flexibility index (Phi) is 5.71. The zero-order chi connectivity index (χ0) is 22.2. The Labute approximate surface area is 180 Å². The van der Waals surface area contributed by atoms with Crippen molar-refractivity contribution in [3.8, 4) is 5.75 Å². The van der Waals surface area contributed by atoms with E-state index in [2.05, 4.69) is 5.16 Å². The predicted molar refractivity (Wildman–Crippen MR) is 109 cm³/mol. The van der Waals surface area contributed by atoms with Crippen LogP contribution in [0.3, 0.4) is 0 Å². The number of carbonyl (C=O) groups excluding carboxylic acids is 2. The Morgan fingerprint density at radius 3 is 2.29 bits per heavy atom. The molecule has 166 valence electrons. The molecule has 31 heavy (non-hydrogen) atoms. The minimum Gasteiger partial charge on any atom is -0.497 e. The fraction of sp³-hybridized carbons (Fsp3) is 0.450. The van der Waals surface area contributed by atoms with Gasteiger partial charge in [-0.1, -0.05) is 5.16 Å². The summed E-state index contributed by atoms with van der Waals surface area (Å²) in [5.74, 6) is 0.769. The van der Waals surface area contributed by atoms with E-state index < -0.39 is 10.0 Å². The molecule has 0 N–H and O–H groups in total. The first-order chi connectivity index (χ1) is 14.8. The van der Waals surface area contributed by atoms with Gasteiger partial charge in [0, 0.05) is 58.2 Å². The van der Waals surface area contributed by atoms with Gasteiger partial charge in [-0.25, -0.2) is 8.42 Å². The number of rotatable bonds is 4. The van der Waals surface area contributed by atoms with Crippen LogP contribution in [0.5, 0.6) is 5.75 Å². The third-order valence-electron chi connectivity index (χ3n) is 5.70. The lowest BCUT2D eigenvalue weighted by Crippen LogP contribution is -2.50. The monoisotopic (exact) mass is 448 g/mol. The molecule has 1 fully saturated rings. The summed E-state index contributed by atoms with van der Waals surface area (Å²) < 4.78 is 38.0. The second-order valence-corrected chi connectivity index (χ2v) is 9.43. The number of piperazine rings is 1. The average Bonchev–Trinajstić information content (AvgIpc) is 3.22. The first kappa shape index (κ1) is 21.3. The number of fused-ring (bicyclic) bond motifs is 1. The van der Waals surface area contributed by atoms with E-state index in [4.69, 9.17) is 9.26 Å².